The third kappa shape index (κ3) is 15.4. The zero-order valence-electron chi connectivity index (χ0n) is 27.3. The summed E-state index contributed by atoms with van der Waals surface area (Å²) in [4.78, 5) is 38.0. The number of carbonyl (C=O) groups is 2. The third-order valence-electron chi connectivity index (χ3n) is 6.23. The number of aromatic nitrogens is 2. The highest BCUT2D eigenvalue weighted by atomic mass is 79.9. The van der Waals surface area contributed by atoms with Crippen LogP contribution in [0.2, 0.25) is 0 Å². The second-order valence-corrected chi connectivity index (χ2v) is 13.5. The number of hydrogen-bond donors (Lipinski definition) is 1. The summed E-state index contributed by atoms with van der Waals surface area (Å²) >= 11 is 3.23. The van der Waals surface area contributed by atoms with E-state index in [1.165, 1.54) is 5.56 Å². The van der Waals surface area contributed by atoms with Gasteiger partial charge in [-0.2, -0.15) is 0 Å². The number of nitrogens with zero attached hydrogens (tertiary/aromatic N) is 5. The number of halogens is 1. The lowest BCUT2D eigenvalue weighted by Crippen LogP contribution is -2.39. The largest absolute Gasteiger partial charge is 0.444 e. The van der Waals surface area contributed by atoms with Gasteiger partial charge in [0.05, 0.1) is 0 Å². The highest BCUT2D eigenvalue weighted by Gasteiger charge is 2.25. The SMILES string of the molecule is CC(C)(C)OC(=O)N1CCCNCC1.Cc1ccc(Br)nc1.Cc1ccc(N2CCCN(C(=O)OC(C)(C)C)CC2)nc1. The fourth-order valence-corrected chi connectivity index (χ4v) is 4.34. The van der Waals surface area contributed by atoms with Crippen LogP contribution in [0, 0.1) is 13.8 Å². The number of rotatable bonds is 1. The molecule has 1 N–H and O–H groups in total. The van der Waals surface area contributed by atoms with Gasteiger partial charge < -0.3 is 29.5 Å². The molecule has 2 aliphatic rings. The lowest BCUT2D eigenvalue weighted by molar-refractivity contribution is 0.0252. The van der Waals surface area contributed by atoms with Crippen molar-refractivity contribution >= 4 is 33.9 Å². The normalized spacial score (nSPS) is 16.0. The van der Waals surface area contributed by atoms with Crippen molar-refractivity contribution < 1.29 is 19.1 Å². The van der Waals surface area contributed by atoms with Crippen LogP contribution in [0.5, 0.6) is 0 Å². The maximum atomic E-state index is 12.1. The number of carbonyl (C=O) groups excluding carboxylic acids is 2. The van der Waals surface area contributed by atoms with Crippen LogP contribution in [0.25, 0.3) is 0 Å². The average Bonchev–Trinajstić information content (AvgIpc) is 3.34. The van der Waals surface area contributed by atoms with Crippen LogP contribution < -0.4 is 10.2 Å². The van der Waals surface area contributed by atoms with E-state index < -0.39 is 11.2 Å². The monoisotopic (exact) mass is 662 g/mol. The first-order chi connectivity index (χ1) is 20.1. The first kappa shape index (κ1) is 36.3. The number of ether oxygens (including phenoxy) is 2. The molecular formula is C32H51BrN6O4. The van der Waals surface area contributed by atoms with Crippen LogP contribution in [0.1, 0.15) is 65.5 Å². The van der Waals surface area contributed by atoms with Crippen LogP contribution in [0.3, 0.4) is 0 Å². The highest BCUT2D eigenvalue weighted by molar-refractivity contribution is 9.10. The Morgan fingerprint density at radius 3 is 1.79 bits per heavy atom. The summed E-state index contributed by atoms with van der Waals surface area (Å²) in [7, 11) is 0. The Bertz CT molecular complexity index is 1090. The summed E-state index contributed by atoms with van der Waals surface area (Å²) in [5.41, 5.74) is 1.51. The Hall–Kier alpha value is -2.92. The molecule has 2 saturated heterocycles. The zero-order valence-corrected chi connectivity index (χ0v) is 28.9. The van der Waals surface area contributed by atoms with Gasteiger partial charge in [0.25, 0.3) is 0 Å². The summed E-state index contributed by atoms with van der Waals surface area (Å²) < 4.78 is 11.6. The summed E-state index contributed by atoms with van der Waals surface area (Å²) in [5.74, 6) is 0.978. The summed E-state index contributed by atoms with van der Waals surface area (Å²) in [5, 5.41) is 3.25. The van der Waals surface area contributed by atoms with E-state index in [0.29, 0.717) is 6.54 Å². The molecule has 0 unspecified atom stereocenters. The van der Waals surface area contributed by atoms with E-state index in [-0.39, 0.29) is 12.2 Å². The molecule has 240 valence electrons. The van der Waals surface area contributed by atoms with Crippen molar-refractivity contribution in [3.63, 3.8) is 0 Å². The Kier molecular flexibility index (Phi) is 14.7. The van der Waals surface area contributed by atoms with Crippen molar-refractivity contribution in [1.82, 2.24) is 25.1 Å². The summed E-state index contributed by atoms with van der Waals surface area (Å²) in [6.07, 6.45) is 5.21. The topological polar surface area (TPSA) is 100 Å². The lowest BCUT2D eigenvalue weighted by Gasteiger charge is -2.26. The van der Waals surface area contributed by atoms with E-state index in [0.717, 1.165) is 74.6 Å². The van der Waals surface area contributed by atoms with Crippen molar-refractivity contribution in [2.24, 2.45) is 0 Å². The second-order valence-electron chi connectivity index (χ2n) is 12.7. The Labute approximate surface area is 266 Å². The average molecular weight is 664 g/mol. The molecule has 0 saturated carbocycles. The molecule has 11 heteroatoms. The van der Waals surface area contributed by atoms with Gasteiger partial charge >= 0.3 is 12.2 Å². The van der Waals surface area contributed by atoms with Gasteiger partial charge in [-0.25, -0.2) is 19.6 Å². The van der Waals surface area contributed by atoms with E-state index in [1.54, 1.807) is 9.80 Å². The van der Waals surface area contributed by atoms with Gasteiger partial charge in [0.2, 0.25) is 0 Å². The molecule has 0 aromatic carbocycles. The zero-order chi connectivity index (χ0) is 32.0. The molecule has 2 aromatic heterocycles. The Balaban J connectivity index is 0.000000251. The first-order valence-electron chi connectivity index (χ1n) is 15.1. The minimum Gasteiger partial charge on any atom is -0.444 e. The number of anilines is 1. The molecule has 0 aliphatic carbocycles. The van der Waals surface area contributed by atoms with Gasteiger partial charge in [0.1, 0.15) is 21.6 Å². The molecule has 2 amide bonds. The minimum absolute atomic E-state index is 0.193. The van der Waals surface area contributed by atoms with Crippen molar-refractivity contribution in [1.29, 1.82) is 0 Å². The maximum Gasteiger partial charge on any atom is 0.410 e. The van der Waals surface area contributed by atoms with Gasteiger partial charge in [0, 0.05) is 58.2 Å². The minimum atomic E-state index is -0.443. The predicted molar refractivity (Wildman–Crippen MR) is 176 cm³/mol. The molecule has 2 aliphatic heterocycles. The van der Waals surface area contributed by atoms with E-state index in [2.05, 4.69) is 42.2 Å². The fourth-order valence-electron chi connectivity index (χ4n) is 4.11. The maximum absolute atomic E-state index is 12.1. The predicted octanol–water partition coefficient (Wildman–Crippen LogP) is 6.21. The molecule has 43 heavy (non-hydrogen) atoms. The van der Waals surface area contributed by atoms with E-state index in [4.69, 9.17) is 9.47 Å². The number of hydrogen-bond acceptors (Lipinski definition) is 8. The van der Waals surface area contributed by atoms with Gasteiger partial charge in [-0.15, -0.1) is 0 Å². The van der Waals surface area contributed by atoms with Crippen molar-refractivity contribution in [2.45, 2.75) is 79.4 Å². The quantitative estimate of drug-likeness (QED) is 0.360. The van der Waals surface area contributed by atoms with Gasteiger partial charge in [-0.1, -0.05) is 12.1 Å². The molecule has 0 spiro atoms. The number of pyridine rings is 2. The first-order valence-corrected chi connectivity index (χ1v) is 15.8. The smallest absolute Gasteiger partial charge is 0.410 e. The molecule has 4 rings (SSSR count). The van der Waals surface area contributed by atoms with Crippen molar-refractivity contribution in [3.05, 3.63) is 52.4 Å². The van der Waals surface area contributed by atoms with E-state index in [1.807, 2.05) is 86.0 Å². The van der Waals surface area contributed by atoms with E-state index >= 15 is 0 Å². The summed E-state index contributed by atoms with van der Waals surface area (Å²) in [6, 6.07) is 8.05. The summed E-state index contributed by atoms with van der Waals surface area (Å²) in [6.45, 7) is 21.9. The standard InChI is InChI=1S/C16H25N3O2.C10H20N2O2.C6H6BrN/c1-13-6-7-14(17-12-13)18-8-5-9-19(11-10-18)15(20)21-16(2,3)4;1-10(2,3)14-9(13)12-7-4-5-11-6-8-12;1-5-2-3-6(7)8-4-5/h6-7,12H,5,8-11H2,1-4H3;11H,4-8H2,1-3H3;2-4H,1H3. The van der Waals surface area contributed by atoms with Gasteiger partial charge in [-0.05, 0) is 114 Å². The van der Waals surface area contributed by atoms with Crippen LogP contribution in [-0.4, -0.2) is 95.5 Å². The lowest BCUT2D eigenvalue weighted by atomic mass is 10.2. The Morgan fingerprint density at radius 1 is 0.721 bits per heavy atom. The Morgan fingerprint density at radius 2 is 1.28 bits per heavy atom. The fraction of sp³-hybridized carbons (Fsp3) is 0.625. The van der Waals surface area contributed by atoms with Gasteiger partial charge in [0.15, 0.2) is 0 Å². The van der Waals surface area contributed by atoms with Crippen LogP contribution in [0.4, 0.5) is 15.4 Å². The second kappa shape index (κ2) is 17.4. The van der Waals surface area contributed by atoms with Gasteiger partial charge in [-0.3, -0.25) is 0 Å². The molecule has 0 radical (unpaired) electrons. The molecule has 2 fully saturated rings. The third-order valence-corrected chi connectivity index (χ3v) is 6.70. The molecule has 4 heterocycles. The number of aryl methyl sites for hydroxylation is 2. The van der Waals surface area contributed by atoms with Crippen LogP contribution in [-0.2, 0) is 9.47 Å². The molecule has 0 bridgehead atoms. The highest BCUT2D eigenvalue weighted by Crippen LogP contribution is 2.16. The van der Waals surface area contributed by atoms with Crippen LogP contribution in [0.15, 0.2) is 41.3 Å². The molecular weight excluding hydrogens is 612 g/mol. The number of nitrogens with one attached hydrogen (secondary N) is 1. The van der Waals surface area contributed by atoms with Crippen LogP contribution >= 0.6 is 15.9 Å². The molecule has 2 aromatic rings. The van der Waals surface area contributed by atoms with Crippen molar-refractivity contribution in [3.8, 4) is 0 Å². The number of amides is 2. The van der Waals surface area contributed by atoms with Crippen molar-refractivity contribution in [2.75, 3.05) is 57.3 Å². The van der Waals surface area contributed by atoms with E-state index in [9.17, 15) is 9.59 Å². The molecule has 0 atom stereocenters. The molecule has 10 nitrogen and oxygen atoms in total.